The highest BCUT2D eigenvalue weighted by Gasteiger charge is 2.11. The standard InChI is InChI=1S/C10H13F2NS/c1-6(2)5-14-10-8(11)3-7(13)4-9(10)12/h3-4,6H,5,13H2,1-2H3. The van der Waals surface area contributed by atoms with E-state index in [4.69, 9.17) is 5.73 Å². The van der Waals surface area contributed by atoms with Crippen LogP contribution in [0, 0.1) is 17.6 Å². The lowest BCUT2D eigenvalue weighted by atomic mass is 10.3. The zero-order valence-electron chi connectivity index (χ0n) is 8.18. The maximum Gasteiger partial charge on any atom is 0.141 e. The fraction of sp³-hybridized carbons (Fsp3) is 0.400. The summed E-state index contributed by atoms with van der Waals surface area (Å²) in [5, 5.41) is 0. The Bertz CT molecular complexity index is 303. The van der Waals surface area contributed by atoms with Gasteiger partial charge in [0.1, 0.15) is 11.6 Å². The third-order valence-electron chi connectivity index (χ3n) is 1.58. The summed E-state index contributed by atoms with van der Waals surface area (Å²) in [5.74, 6) is -0.0600. The molecule has 0 radical (unpaired) electrons. The maximum absolute atomic E-state index is 13.2. The molecule has 1 nitrogen and oxygen atoms in total. The van der Waals surface area contributed by atoms with E-state index in [2.05, 4.69) is 0 Å². The van der Waals surface area contributed by atoms with Gasteiger partial charge in [-0.15, -0.1) is 11.8 Å². The normalized spacial score (nSPS) is 10.9. The number of benzene rings is 1. The van der Waals surface area contributed by atoms with Crippen LogP contribution in [0.3, 0.4) is 0 Å². The SMILES string of the molecule is CC(C)CSc1c(F)cc(N)cc1F. The molecule has 0 spiro atoms. The van der Waals surface area contributed by atoms with Gasteiger partial charge in [0.2, 0.25) is 0 Å². The van der Waals surface area contributed by atoms with E-state index in [-0.39, 0.29) is 10.6 Å². The summed E-state index contributed by atoms with van der Waals surface area (Å²) in [6, 6.07) is 2.29. The highest BCUT2D eigenvalue weighted by Crippen LogP contribution is 2.28. The summed E-state index contributed by atoms with van der Waals surface area (Å²) in [6.07, 6.45) is 0. The topological polar surface area (TPSA) is 26.0 Å². The van der Waals surface area contributed by atoms with E-state index in [0.29, 0.717) is 11.7 Å². The van der Waals surface area contributed by atoms with Crippen LogP contribution in [0.1, 0.15) is 13.8 Å². The summed E-state index contributed by atoms with van der Waals surface area (Å²) in [6.45, 7) is 4.00. The summed E-state index contributed by atoms with van der Waals surface area (Å²) >= 11 is 1.18. The maximum atomic E-state index is 13.2. The van der Waals surface area contributed by atoms with Gasteiger partial charge in [-0.2, -0.15) is 0 Å². The number of hydrogen-bond donors (Lipinski definition) is 1. The molecule has 1 rings (SSSR count). The van der Waals surface area contributed by atoms with E-state index >= 15 is 0 Å². The van der Waals surface area contributed by atoms with Crippen LogP contribution in [-0.2, 0) is 0 Å². The van der Waals surface area contributed by atoms with Crippen LogP contribution >= 0.6 is 11.8 Å². The monoisotopic (exact) mass is 217 g/mol. The van der Waals surface area contributed by atoms with Gasteiger partial charge in [-0.1, -0.05) is 13.8 Å². The Morgan fingerprint density at radius 1 is 1.29 bits per heavy atom. The van der Waals surface area contributed by atoms with Crippen LogP contribution < -0.4 is 5.73 Å². The number of anilines is 1. The van der Waals surface area contributed by atoms with Crippen molar-refractivity contribution in [1.29, 1.82) is 0 Å². The summed E-state index contributed by atoms with van der Waals surface area (Å²) < 4.78 is 26.4. The van der Waals surface area contributed by atoms with Crippen molar-refractivity contribution < 1.29 is 8.78 Å². The molecule has 1 aromatic rings. The molecule has 2 N–H and O–H groups in total. The molecular weight excluding hydrogens is 204 g/mol. The van der Waals surface area contributed by atoms with Gasteiger partial charge in [-0.25, -0.2) is 8.78 Å². The largest absolute Gasteiger partial charge is 0.399 e. The Hall–Kier alpha value is -0.770. The second-order valence-electron chi connectivity index (χ2n) is 3.52. The van der Waals surface area contributed by atoms with E-state index < -0.39 is 11.6 Å². The fourth-order valence-electron chi connectivity index (χ4n) is 0.967. The van der Waals surface area contributed by atoms with Gasteiger partial charge in [-0.3, -0.25) is 0 Å². The molecule has 0 fully saturated rings. The van der Waals surface area contributed by atoms with Crippen molar-refractivity contribution in [2.24, 2.45) is 5.92 Å². The van der Waals surface area contributed by atoms with Crippen molar-refractivity contribution >= 4 is 17.4 Å². The molecule has 1 aromatic carbocycles. The minimum Gasteiger partial charge on any atom is -0.399 e. The summed E-state index contributed by atoms with van der Waals surface area (Å²) in [5.41, 5.74) is 5.41. The number of rotatable bonds is 3. The molecule has 0 amide bonds. The third-order valence-corrected chi connectivity index (χ3v) is 3.09. The Morgan fingerprint density at radius 3 is 2.21 bits per heavy atom. The number of nitrogen functional groups attached to an aromatic ring is 1. The van der Waals surface area contributed by atoms with Crippen LogP contribution in [0.2, 0.25) is 0 Å². The molecule has 0 bridgehead atoms. The van der Waals surface area contributed by atoms with Gasteiger partial charge in [0.25, 0.3) is 0 Å². The molecular formula is C10H13F2NS. The zero-order valence-corrected chi connectivity index (χ0v) is 9.00. The second-order valence-corrected chi connectivity index (χ2v) is 4.55. The number of hydrogen-bond acceptors (Lipinski definition) is 2. The van der Waals surface area contributed by atoms with Crippen molar-refractivity contribution in [3.05, 3.63) is 23.8 Å². The Kier molecular flexibility index (Phi) is 3.75. The molecule has 0 aliphatic carbocycles. The molecule has 14 heavy (non-hydrogen) atoms. The summed E-state index contributed by atoms with van der Waals surface area (Å²) in [4.78, 5) is 0.0629. The van der Waals surface area contributed by atoms with Crippen molar-refractivity contribution in [3.63, 3.8) is 0 Å². The lowest BCUT2D eigenvalue weighted by molar-refractivity contribution is 0.541. The number of nitrogens with two attached hydrogens (primary N) is 1. The van der Waals surface area contributed by atoms with E-state index in [1.807, 2.05) is 13.8 Å². The predicted molar refractivity (Wildman–Crippen MR) is 56.3 cm³/mol. The van der Waals surface area contributed by atoms with E-state index in [0.717, 1.165) is 12.1 Å². The molecule has 4 heteroatoms. The van der Waals surface area contributed by atoms with E-state index in [1.165, 1.54) is 11.8 Å². The summed E-state index contributed by atoms with van der Waals surface area (Å²) in [7, 11) is 0. The molecule has 0 aromatic heterocycles. The van der Waals surface area contributed by atoms with Crippen molar-refractivity contribution in [3.8, 4) is 0 Å². The van der Waals surface area contributed by atoms with Crippen LogP contribution in [0.25, 0.3) is 0 Å². The number of halogens is 2. The fourth-order valence-corrected chi connectivity index (χ4v) is 1.86. The molecule has 0 aliphatic heterocycles. The van der Waals surface area contributed by atoms with E-state index in [1.54, 1.807) is 0 Å². The Morgan fingerprint density at radius 2 is 1.79 bits per heavy atom. The highest BCUT2D eigenvalue weighted by molar-refractivity contribution is 7.99. The smallest absolute Gasteiger partial charge is 0.141 e. The minimum atomic E-state index is -0.576. The van der Waals surface area contributed by atoms with Gasteiger partial charge >= 0.3 is 0 Å². The van der Waals surface area contributed by atoms with Gasteiger partial charge in [0.05, 0.1) is 4.90 Å². The quantitative estimate of drug-likeness (QED) is 0.621. The van der Waals surface area contributed by atoms with Crippen molar-refractivity contribution in [1.82, 2.24) is 0 Å². The van der Waals surface area contributed by atoms with Gasteiger partial charge in [0, 0.05) is 11.4 Å². The molecule has 0 unspecified atom stereocenters. The number of thioether (sulfide) groups is 1. The lowest BCUT2D eigenvalue weighted by Gasteiger charge is -2.07. The molecule has 78 valence electrons. The lowest BCUT2D eigenvalue weighted by Crippen LogP contribution is -1.96. The third kappa shape index (κ3) is 2.87. The van der Waals surface area contributed by atoms with Crippen LogP contribution in [0.15, 0.2) is 17.0 Å². The minimum absolute atomic E-state index is 0.0629. The van der Waals surface area contributed by atoms with Crippen LogP contribution in [-0.4, -0.2) is 5.75 Å². The Labute approximate surface area is 86.7 Å². The molecule has 0 heterocycles. The van der Waals surface area contributed by atoms with Crippen LogP contribution in [0.4, 0.5) is 14.5 Å². The first-order valence-electron chi connectivity index (χ1n) is 4.38. The van der Waals surface area contributed by atoms with Crippen molar-refractivity contribution in [2.75, 3.05) is 11.5 Å². The first-order chi connectivity index (χ1) is 6.50. The second kappa shape index (κ2) is 4.64. The van der Waals surface area contributed by atoms with Gasteiger partial charge < -0.3 is 5.73 Å². The van der Waals surface area contributed by atoms with Crippen LogP contribution in [0.5, 0.6) is 0 Å². The highest BCUT2D eigenvalue weighted by atomic mass is 32.2. The molecule has 0 saturated carbocycles. The Balaban J connectivity index is 2.86. The molecule has 0 aliphatic rings. The average Bonchev–Trinajstić information content (AvgIpc) is 2.01. The van der Waals surface area contributed by atoms with Crippen molar-refractivity contribution in [2.45, 2.75) is 18.7 Å². The first-order valence-corrected chi connectivity index (χ1v) is 5.36. The predicted octanol–water partition coefficient (Wildman–Crippen LogP) is 3.30. The zero-order chi connectivity index (χ0) is 10.7. The average molecular weight is 217 g/mol. The molecule has 0 atom stereocenters. The van der Waals surface area contributed by atoms with E-state index in [9.17, 15) is 8.78 Å². The first kappa shape index (κ1) is 11.3. The molecule has 0 saturated heterocycles. The van der Waals surface area contributed by atoms with Gasteiger partial charge in [-0.05, 0) is 18.1 Å². The van der Waals surface area contributed by atoms with Gasteiger partial charge in [0.15, 0.2) is 0 Å².